The summed E-state index contributed by atoms with van der Waals surface area (Å²) in [7, 11) is -3.83. The summed E-state index contributed by atoms with van der Waals surface area (Å²) in [6.45, 7) is 4.13. The number of aromatic nitrogens is 2. The molecule has 0 bridgehead atoms. The smallest absolute Gasteiger partial charge is 0.459 e. The first-order chi connectivity index (χ1) is 19.1. The van der Waals surface area contributed by atoms with E-state index in [1.54, 1.807) is 50.2 Å². The van der Waals surface area contributed by atoms with Gasteiger partial charge in [0, 0.05) is 24.8 Å². The number of aliphatic hydroxyl groups excluding tert-OH is 1. The molecule has 5 atom stereocenters. The monoisotopic (exact) mass is 597 g/mol. The van der Waals surface area contributed by atoms with E-state index in [1.807, 2.05) is 4.98 Å². The first-order valence-corrected chi connectivity index (χ1v) is 14.0. The molecule has 0 saturated carbocycles. The molecule has 41 heavy (non-hydrogen) atoms. The lowest BCUT2D eigenvalue weighted by molar-refractivity contribution is -0.273. The summed E-state index contributed by atoms with van der Waals surface area (Å²) in [6, 6.07) is 11.4. The molecule has 0 aliphatic carbocycles. The number of alkyl halides is 1. The van der Waals surface area contributed by atoms with Gasteiger partial charge in [-0.3, -0.25) is 23.7 Å². The Morgan fingerprint density at radius 1 is 1.15 bits per heavy atom. The van der Waals surface area contributed by atoms with Crippen molar-refractivity contribution >= 4 is 24.5 Å². The zero-order chi connectivity index (χ0) is 30.6. The Bertz CT molecular complexity index is 1540. The fourth-order valence-electron chi connectivity index (χ4n) is 3.86. The van der Waals surface area contributed by atoms with E-state index in [0.717, 1.165) is 31.7 Å². The predicted molar refractivity (Wildman–Crippen MR) is 146 cm³/mol. The number of benzene rings is 2. The highest BCUT2D eigenvalue weighted by atomic mass is 31.2. The van der Waals surface area contributed by atoms with Crippen molar-refractivity contribution in [2.45, 2.75) is 57.5 Å². The van der Waals surface area contributed by atoms with Crippen molar-refractivity contribution in [2.24, 2.45) is 0 Å². The van der Waals surface area contributed by atoms with Gasteiger partial charge in [0.25, 0.3) is 11.4 Å². The number of H-pyrrole nitrogens is 1. The SMILES string of the molecule is CO[C@](F)(COP(=O)(NC(C)C(=O)OC(C)C)Oc1cccc2ccccc12)[C@@H](O)[C@@](C)(O)n1ccc(=O)[nH]c1=O. The first-order valence-electron chi connectivity index (χ1n) is 12.5. The summed E-state index contributed by atoms with van der Waals surface area (Å²) in [6.07, 6.45) is -2.19. The Morgan fingerprint density at radius 2 is 1.80 bits per heavy atom. The minimum absolute atomic E-state index is 0.0672. The number of halogens is 1. The van der Waals surface area contributed by atoms with Gasteiger partial charge in [-0.2, -0.15) is 5.09 Å². The second kappa shape index (κ2) is 12.6. The van der Waals surface area contributed by atoms with Crippen LogP contribution in [-0.4, -0.2) is 63.6 Å². The molecule has 1 aromatic heterocycles. The number of nitrogens with zero attached hydrogens (tertiary/aromatic N) is 1. The zero-order valence-electron chi connectivity index (χ0n) is 23.1. The number of ether oxygens (including phenoxy) is 2. The minimum Gasteiger partial charge on any atom is -0.462 e. The highest BCUT2D eigenvalue weighted by molar-refractivity contribution is 7.52. The van der Waals surface area contributed by atoms with Gasteiger partial charge in [-0.05, 0) is 39.1 Å². The third-order valence-electron chi connectivity index (χ3n) is 6.03. The van der Waals surface area contributed by atoms with Crippen LogP contribution in [0.25, 0.3) is 10.8 Å². The van der Waals surface area contributed by atoms with Crippen molar-refractivity contribution in [3.8, 4) is 5.75 Å². The molecule has 2 unspecified atom stereocenters. The number of carbonyl (C=O) groups excluding carboxylic acids is 1. The maximum atomic E-state index is 16.1. The highest BCUT2D eigenvalue weighted by Gasteiger charge is 2.52. The van der Waals surface area contributed by atoms with Gasteiger partial charge in [-0.1, -0.05) is 36.4 Å². The molecule has 0 spiro atoms. The van der Waals surface area contributed by atoms with Gasteiger partial charge in [0.1, 0.15) is 18.4 Å². The number of aliphatic hydroxyl groups is 2. The topological polar surface area (TPSA) is 178 Å². The fourth-order valence-corrected chi connectivity index (χ4v) is 5.38. The van der Waals surface area contributed by atoms with Crippen LogP contribution in [0.2, 0.25) is 0 Å². The molecule has 0 fully saturated rings. The lowest BCUT2D eigenvalue weighted by Crippen LogP contribution is -2.59. The number of nitrogens with one attached hydrogen (secondary N) is 2. The molecule has 13 nitrogen and oxygen atoms in total. The van der Waals surface area contributed by atoms with E-state index in [4.69, 9.17) is 18.5 Å². The van der Waals surface area contributed by atoms with Crippen LogP contribution in [0.4, 0.5) is 4.39 Å². The number of hydrogen-bond donors (Lipinski definition) is 4. The summed E-state index contributed by atoms with van der Waals surface area (Å²) < 4.78 is 51.5. The molecule has 0 saturated heterocycles. The summed E-state index contributed by atoms with van der Waals surface area (Å²) in [5.41, 5.74) is -4.64. The molecule has 3 rings (SSSR count). The van der Waals surface area contributed by atoms with E-state index >= 15 is 4.39 Å². The van der Waals surface area contributed by atoms with Gasteiger partial charge < -0.3 is 24.2 Å². The van der Waals surface area contributed by atoms with Crippen LogP contribution in [0.3, 0.4) is 0 Å². The number of esters is 1. The zero-order valence-corrected chi connectivity index (χ0v) is 24.0. The van der Waals surface area contributed by atoms with Crippen molar-refractivity contribution in [1.82, 2.24) is 14.6 Å². The Labute approximate surface area is 234 Å². The van der Waals surface area contributed by atoms with E-state index in [0.29, 0.717) is 9.95 Å². The molecule has 0 aliphatic heterocycles. The number of carbonyl (C=O) groups is 1. The molecule has 0 radical (unpaired) electrons. The molecule has 1 heterocycles. The molecule has 2 aromatic carbocycles. The van der Waals surface area contributed by atoms with E-state index < -0.39 is 61.4 Å². The number of methoxy groups -OCH3 is 1. The van der Waals surface area contributed by atoms with E-state index in [9.17, 15) is 29.2 Å². The van der Waals surface area contributed by atoms with E-state index in [2.05, 4.69) is 5.09 Å². The van der Waals surface area contributed by atoms with Crippen molar-refractivity contribution in [3.05, 3.63) is 75.6 Å². The van der Waals surface area contributed by atoms with Gasteiger partial charge in [0.15, 0.2) is 11.8 Å². The summed E-state index contributed by atoms with van der Waals surface area (Å²) >= 11 is 0. The average molecular weight is 598 g/mol. The van der Waals surface area contributed by atoms with Crippen LogP contribution < -0.4 is 20.9 Å². The molecular weight excluding hydrogens is 564 g/mol. The lowest BCUT2D eigenvalue weighted by atomic mass is 10.0. The van der Waals surface area contributed by atoms with Gasteiger partial charge in [-0.15, -0.1) is 0 Å². The van der Waals surface area contributed by atoms with Gasteiger partial charge in [0.2, 0.25) is 0 Å². The quantitative estimate of drug-likeness (QED) is 0.168. The third kappa shape index (κ3) is 7.47. The number of rotatable bonds is 13. The average Bonchev–Trinajstić information content (AvgIpc) is 2.91. The third-order valence-corrected chi connectivity index (χ3v) is 7.64. The molecule has 224 valence electrons. The predicted octanol–water partition coefficient (Wildman–Crippen LogP) is 2.16. The Balaban J connectivity index is 1.95. The molecule has 0 amide bonds. The fraction of sp³-hybridized carbons (Fsp3) is 0.423. The minimum atomic E-state index is -4.67. The summed E-state index contributed by atoms with van der Waals surface area (Å²) in [5, 5.41) is 25.4. The normalized spacial score (nSPS) is 17.7. The van der Waals surface area contributed by atoms with Gasteiger partial charge in [-0.25, -0.2) is 13.8 Å². The Morgan fingerprint density at radius 3 is 2.44 bits per heavy atom. The van der Waals surface area contributed by atoms with Gasteiger partial charge in [0.05, 0.1) is 6.10 Å². The molecular formula is C26H33FN3O10P. The van der Waals surface area contributed by atoms with Crippen molar-refractivity contribution in [1.29, 1.82) is 0 Å². The van der Waals surface area contributed by atoms with Crippen LogP contribution >= 0.6 is 7.75 Å². The second-order valence-electron chi connectivity index (χ2n) is 9.64. The molecule has 15 heteroatoms. The second-order valence-corrected chi connectivity index (χ2v) is 11.3. The van der Waals surface area contributed by atoms with E-state index in [-0.39, 0.29) is 5.75 Å². The van der Waals surface area contributed by atoms with Crippen molar-refractivity contribution < 1.29 is 42.5 Å². The lowest BCUT2D eigenvalue weighted by Gasteiger charge is -2.38. The van der Waals surface area contributed by atoms with Crippen LogP contribution in [0.15, 0.2) is 64.3 Å². The van der Waals surface area contributed by atoms with Crippen LogP contribution in [0.1, 0.15) is 27.7 Å². The number of fused-ring (bicyclic) bond motifs is 1. The van der Waals surface area contributed by atoms with E-state index in [1.165, 1.54) is 13.0 Å². The maximum absolute atomic E-state index is 16.1. The van der Waals surface area contributed by atoms with Crippen LogP contribution in [0.5, 0.6) is 5.75 Å². The number of aromatic amines is 1. The van der Waals surface area contributed by atoms with Crippen LogP contribution in [0, 0.1) is 0 Å². The largest absolute Gasteiger partial charge is 0.462 e. The summed E-state index contributed by atoms with van der Waals surface area (Å²) in [5.74, 6) is -4.04. The van der Waals surface area contributed by atoms with Crippen molar-refractivity contribution in [2.75, 3.05) is 13.7 Å². The summed E-state index contributed by atoms with van der Waals surface area (Å²) in [4.78, 5) is 38.0. The first kappa shape index (κ1) is 32.1. The molecule has 0 aliphatic rings. The van der Waals surface area contributed by atoms with Crippen LogP contribution in [-0.2, 0) is 29.1 Å². The molecule has 4 N–H and O–H groups in total. The molecule has 3 aromatic rings. The van der Waals surface area contributed by atoms with Crippen molar-refractivity contribution in [3.63, 3.8) is 0 Å². The highest BCUT2D eigenvalue weighted by Crippen LogP contribution is 2.48. The number of hydrogen-bond acceptors (Lipinski definition) is 10. The Kier molecular flexibility index (Phi) is 9.90. The van der Waals surface area contributed by atoms with Gasteiger partial charge >= 0.3 is 19.4 Å². The Hall–Kier alpha value is -3.39. The standard InChI is InChI=1S/C26H33FN3O10P/c1-16(2)39-22(32)17(3)29-41(36,40-20-12-8-10-18-9-6-7-11-19(18)20)38-15-26(27,37-5)23(33)25(4,35)30-14-13-21(31)28-24(30)34/h6-14,16-17,23,33,35H,15H2,1-5H3,(H,29,36)(H,28,31,34)/t17?,23-,25+,26+,41?/m0/s1. The maximum Gasteiger partial charge on any atom is 0.459 e.